The maximum Gasteiger partial charge on any atom is 0.236 e. The van der Waals surface area contributed by atoms with Crippen LogP contribution in [0.5, 0.6) is 0 Å². The van der Waals surface area contributed by atoms with Gasteiger partial charge in [-0.25, -0.2) is 0 Å². The van der Waals surface area contributed by atoms with Crippen LogP contribution in [0.3, 0.4) is 0 Å². The quantitative estimate of drug-likeness (QED) is 0.762. The number of rotatable bonds is 6. The van der Waals surface area contributed by atoms with Crippen molar-refractivity contribution in [1.82, 2.24) is 20.8 Å². The molecule has 0 bridgehead atoms. The number of aryl methyl sites for hydroxylation is 1. The van der Waals surface area contributed by atoms with Crippen molar-refractivity contribution in [3.63, 3.8) is 0 Å². The molecular formula is C11H20N4O2. The number of carbonyl (C=O) groups excluding carboxylic acids is 1. The van der Waals surface area contributed by atoms with Crippen LogP contribution in [0.25, 0.3) is 0 Å². The van der Waals surface area contributed by atoms with Crippen molar-refractivity contribution in [2.45, 2.75) is 40.3 Å². The molecule has 0 saturated carbocycles. The summed E-state index contributed by atoms with van der Waals surface area (Å²) in [5.41, 5.74) is 0. The molecule has 1 heterocycles. The van der Waals surface area contributed by atoms with Crippen molar-refractivity contribution < 1.29 is 9.32 Å². The summed E-state index contributed by atoms with van der Waals surface area (Å²) in [4.78, 5) is 15.7. The lowest BCUT2D eigenvalue weighted by Crippen LogP contribution is -2.43. The fourth-order valence-electron chi connectivity index (χ4n) is 1.21. The molecule has 96 valence electrons. The third-order valence-corrected chi connectivity index (χ3v) is 2.21. The van der Waals surface area contributed by atoms with E-state index in [0.717, 1.165) is 0 Å². The maximum absolute atomic E-state index is 11.6. The van der Waals surface area contributed by atoms with Gasteiger partial charge in [-0.15, -0.1) is 0 Å². The lowest BCUT2D eigenvalue weighted by molar-refractivity contribution is -0.122. The summed E-state index contributed by atoms with van der Waals surface area (Å²) >= 11 is 0. The predicted molar refractivity (Wildman–Crippen MR) is 63.2 cm³/mol. The Balaban J connectivity index is 2.29. The minimum Gasteiger partial charge on any atom is -0.354 e. The van der Waals surface area contributed by atoms with Crippen molar-refractivity contribution in [2.24, 2.45) is 5.92 Å². The van der Waals surface area contributed by atoms with Crippen LogP contribution in [0.4, 0.5) is 0 Å². The van der Waals surface area contributed by atoms with Gasteiger partial charge in [0.05, 0.1) is 12.6 Å². The van der Waals surface area contributed by atoms with Crippen molar-refractivity contribution >= 4 is 5.91 Å². The average Bonchev–Trinajstić information content (AvgIpc) is 2.68. The van der Waals surface area contributed by atoms with Gasteiger partial charge in [-0.3, -0.25) is 10.1 Å². The van der Waals surface area contributed by atoms with Gasteiger partial charge in [0.2, 0.25) is 11.8 Å². The smallest absolute Gasteiger partial charge is 0.236 e. The zero-order chi connectivity index (χ0) is 12.8. The Hall–Kier alpha value is -1.43. The van der Waals surface area contributed by atoms with E-state index in [0.29, 0.717) is 30.7 Å². The second-order valence-corrected chi connectivity index (χ2v) is 4.47. The van der Waals surface area contributed by atoms with Gasteiger partial charge in [0.15, 0.2) is 5.82 Å². The summed E-state index contributed by atoms with van der Waals surface area (Å²) in [6, 6.07) is -0.271. The van der Waals surface area contributed by atoms with E-state index in [1.54, 1.807) is 6.92 Å². The van der Waals surface area contributed by atoms with E-state index in [1.807, 2.05) is 6.92 Å². The molecule has 2 N–H and O–H groups in total. The third-order valence-electron chi connectivity index (χ3n) is 2.21. The Bertz CT molecular complexity index is 362. The number of hydrogen-bond donors (Lipinski definition) is 2. The SMILES string of the molecule is Cc1nc(CNC(C)C(=O)NCC(C)C)no1. The summed E-state index contributed by atoms with van der Waals surface area (Å²) in [6.07, 6.45) is 0. The normalized spacial score (nSPS) is 12.8. The summed E-state index contributed by atoms with van der Waals surface area (Å²) in [7, 11) is 0. The summed E-state index contributed by atoms with van der Waals surface area (Å²) in [6.45, 7) is 8.76. The highest BCUT2D eigenvalue weighted by Gasteiger charge is 2.13. The molecule has 0 fully saturated rings. The molecule has 0 saturated heterocycles. The van der Waals surface area contributed by atoms with Crippen LogP contribution in [0, 0.1) is 12.8 Å². The predicted octanol–water partition coefficient (Wildman–Crippen LogP) is 0.628. The zero-order valence-corrected chi connectivity index (χ0v) is 10.8. The molecule has 0 aliphatic heterocycles. The van der Waals surface area contributed by atoms with Gasteiger partial charge in [0.25, 0.3) is 0 Å². The molecule has 17 heavy (non-hydrogen) atoms. The van der Waals surface area contributed by atoms with E-state index in [2.05, 4.69) is 34.6 Å². The van der Waals surface area contributed by atoms with E-state index < -0.39 is 0 Å². The first-order valence-corrected chi connectivity index (χ1v) is 5.79. The molecule has 1 amide bonds. The number of nitrogens with one attached hydrogen (secondary N) is 2. The van der Waals surface area contributed by atoms with Crippen molar-refractivity contribution in [2.75, 3.05) is 6.54 Å². The number of nitrogens with zero attached hydrogens (tertiary/aromatic N) is 2. The molecule has 1 aromatic heterocycles. The minimum atomic E-state index is -0.271. The molecule has 1 unspecified atom stereocenters. The first kappa shape index (κ1) is 13.6. The molecule has 6 heteroatoms. The van der Waals surface area contributed by atoms with Gasteiger partial charge in [-0.1, -0.05) is 19.0 Å². The summed E-state index contributed by atoms with van der Waals surface area (Å²) < 4.78 is 4.83. The largest absolute Gasteiger partial charge is 0.354 e. The third kappa shape index (κ3) is 4.95. The Morgan fingerprint density at radius 2 is 2.12 bits per heavy atom. The van der Waals surface area contributed by atoms with Gasteiger partial charge < -0.3 is 9.84 Å². The zero-order valence-electron chi connectivity index (χ0n) is 10.8. The molecule has 0 aliphatic carbocycles. The molecule has 0 aliphatic rings. The van der Waals surface area contributed by atoms with E-state index in [9.17, 15) is 4.79 Å². The average molecular weight is 240 g/mol. The first-order chi connectivity index (χ1) is 7.99. The second-order valence-electron chi connectivity index (χ2n) is 4.47. The highest BCUT2D eigenvalue weighted by atomic mass is 16.5. The molecule has 0 aromatic carbocycles. The number of aromatic nitrogens is 2. The van der Waals surface area contributed by atoms with Crippen LogP contribution in [0.15, 0.2) is 4.52 Å². The van der Waals surface area contributed by atoms with Crippen LogP contribution in [-0.2, 0) is 11.3 Å². The van der Waals surface area contributed by atoms with Gasteiger partial charge >= 0.3 is 0 Å². The van der Waals surface area contributed by atoms with Gasteiger partial charge in [0, 0.05) is 13.5 Å². The van der Waals surface area contributed by atoms with Crippen LogP contribution in [0.1, 0.15) is 32.5 Å². The van der Waals surface area contributed by atoms with Crippen molar-refractivity contribution in [3.8, 4) is 0 Å². The van der Waals surface area contributed by atoms with Crippen LogP contribution in [-0.4, -0.2) is 28.6 Å². The molecule has 6 nitrogen and oxygen atoms in total. The van der Waals surface area contributed by atoms with E-state index in [1.165, 1.54) is 0 Å². The summed E-state index contributed by atoms with van der Waals surface area (Å²) in [5, 5.41) is 9.64. The molecule has 1 rings (SSSR count). The fraction of sp³-hybridized carbons (Fsp3) is 0.727. The highest BCUT2D eigenvalue weighted by molar-refractivity contribution is 5.81. The molecule has 1 aromatic rings. The topological polar surface area (TPSA) is 80.0 Å². The van der Waals surface area contributed by atoms with Crippen LogP contribution >= 0.6 is 0 Å². The van der Waals surface area contributed by atoms with E-state index >= 15 is 0 Å². The lowest BCUT2D eigenvalue weighted by Gasteiger charge is -2.13. The van der Waals surface area contributed by atoms with Gasteiger partial charge in [-0.2, -0.15) is 4.98 Å². The van der Waals surface area contributed by atoms with Crippen molar-refractivity contribution in [3.05, 3.63) is 11.7 Å². The maximum atomic E-state index is 11.6. The first-order valence-electron chi connectivity index (χ1n) is 5.79. The number of amides is 1. The van der Waals surface area contributed by atoms with Crippen LogP contribution in [0.2, 0.25) is 0 Å². The van der Waals surface area contributed by atoms with Gasteiger partial charge in [-0.05, 0) is 12.8 Å². The van der Waals surface area contributed by atoms with Crippen molar-refractivity contribution in [1.29, 1.82) is 0 Å². The second kappa shape index (κ2) is 6.34. The lowest BCUT2D eigenvalue weighted by atomic mass is 10.2. The Labute approximate surface area is 101 Å². The molecule has 0 radical (unpaired) electrons. The number of hydrogen-bond acceptors (Lipinski definition) is 5. The Kier molecular flexibility index (Phi) is 5.09. The van der Waals surface area contributed by atoms with E-state index in [-0.39, 0.29) is 11.9 Å². The monoisotopic (exact) mass is 240 g/mol. The standard InChI is InChI=1S/C11H20N4O2/c1-7(2)5-13-11(16)8(3)12-6-10-14-9(4)17-15-10/h7-8,12H,5-6H2,1-4H3,(H,13,16). The van der Waals surface area contributed by atoms with Crippen LogP contribution < -0.4 is 10.6 Å². The Morgan fingerprint density at radius 3 is 2.65 bits per heavy atom. The Morgan fingerprint density at radius 1 is 1.41 bits per heavy atom. The highest BCUT2D eigenvalue weighted by Crippen LogP contribution is 1.95. The molecular weight excluding hydrogens is 220 g/mol. The van der Waals surface area contributed by atoms with E-state index in [4.69, 9.17) is 4.52 Å². The molecule has 1 atom stereocenters. The summed E-state index contributed by atoms with van der Waals surface area (Å²) in [5.74, 6) is 1.52. The molecule has 0 spiro atoms. The fourth-order valence-corrected chi connectivity index (χ4v) is 1.21. The minimum absolute atomic E-state index is 0.0149. The van der Waals surface area contributed by atoms with Gasteiger partial charge in [0.1, 0.15) is 0 Å². The number of carbonyl (C=O) groups is 1.